The normalized spacial score (nSPS) is 18.4. The number of amides is 2. The van der Waals surface area contributed by atoms with Gasteiger partial charge in [0.2, 0.25) is 5.91 Å². The molecular formula is C26H27ClN2O4S. The fourth-order valence-electron chi connectivity index (χ4n) is 4.50. The van der Waals surface area contributed by atoms with Gasteiger partial charge in [0.15, 0.2) is 0 Å². The van der Waals surface area contributed by atoms with E-state index in [0.29, 0.717) is 30.0 Å². The van der Waals surface area contributed by atoms with E-state index in [0.717, 1.165) is 15.6 Å². The van der Waals surface area contributed by atoms with Crippen LogP contribution >= 0.6 is 22.9 Å². The van der Waals surface area contributed by atoms with E-state index in [9.17, 15) is 14.4 Å². The second-order valence-electron chi connectivity index (χ2n) is 8.85. The number of carboxylic acid groups (broad SMARTS) is 1. The summed E-state index contributed by atoms with van der Waals surface area (Å²) in [6.45, 7) is 4.52. The van der Waals surface area contributed by atoms with Crippen LogP contribution in [0, 0.1) is 0 Å². The number of hydrogen-bond donors (Lipinski definition) is 1. The first kappa shape index (κ1) is 24.2. The summed E-state index contributed by atoms with van der Waals surface area (Å²) in [5.41, 5.74) is 0.532. The smallest absolute Gasteiger partial charge is 0.303 e. The van der Waals surface area contributed by atoms with Crippen LogP contribution in [0.25, 0.3) is 10.1 Å². The molecule has 4 rings (SSSR count). The first-order valence-electron chi connectivity index (χ1n) is 11.3. The number of fused-ring (bicyclic) bond motifs is 1. The molecule has 34 heavy (non-hydrogen) atoms. The van der Waals surface area contributed by atoms with Crippen molar-refractivity contribution in [3.05, 3.63) is 70.1 Å². The van der Waals surface area contributed by atoms with Crippen LogP contribution in [0.5, 0.6) is 0 Å². The van der Waals surface area contributed by atoms with Gasteiger partial charge in [-0.1, -0.05) is 41.9 Å². The minimum atomic E-state index is -0.982. The molecule has 0 aliphatic carbocycles. The van der Waals surface area contributed by atoms with Crippen molar-refractivity contribution >= 4 is 50.8 Å². The van der Waals surface area contributed by atoms with E-state index in [1.807, 2.05) is 55.6 Å². The lowest BCUT2D eigenvalue weighted by atomic mass is 9.83. The number of halogens is 1. The van der Waals surface area contributed by atoms with Crippen molar-refractivity contribution in [2.24, 2.45) is 0 Å². The minimum Gasteiger partial charge on any atom is -0.481 e. The molecule has 3 aromatic rings. The highest BCUT2D eigenvalue weighted by atomic mass is 35.5. The molecule has 1 aromatic heterocycles. The first-order valence-corrected chi connectivity index (χ1v) is 12.5. The zero-order valence-electron chi connectivity index (χ0n) is 19.2. The van der Waals surface area contributed by atoms with Crippen LogP contribution in [0.4, 0.5) is 0 Å². The van der Waals surface area contributed by atoms with Crippen molar-refractivity contribution in [2.75, 3.05) is 13.1 Å². The average Bonchev–Trinajstić information content (AvgIpc) is 3.24. The lowest BCUT2D eigenvalue weighted by Crippen LogP contribution is -2.68. The van der Waals surface area contributed by atoms with Crippen molar-refractivity contribution in [2.45, 2.75) is 44.7 Å². The van der Waals surface area contributed by atoms with E-state index in [-0.39, 0.29) is 30.8 Å². The molecule has 1 aliphatic rings. The highest BCUT2D eigenvalue weighted by Crippen LogP contribution is 2.38. The number of thiophene rings is 1. The Balaban J connectivity index is 1.60. The Labute approximate surface area is 207 Å². The van der Waals surface area contributed by atoms with Crippen LogP contribution in [-0.2, 0) is 9.59 Å². The molecule has 0 bridgehead atoms. The molecule has 0 spiro atoms. The van der Waals surface area contributed by atoms with Gasteiger partial charge in [0.05, 0.1) is 11.6 Å². The van der Waals surface area contributed by atoms with E-state index >= 15 is 0 Å². The molecule has 1 aliphatic heterocycles. The number of carboxylic acids is 1. The van der Waals surface area contributed by atoms with Crippen LogP contribution in [0.2, 0.25) is 5.02 Å². The Bertz CT molecular complexity index is 1230. The highest BCUT2D eigenvalue weighted by Gasteiger charge is 2.52. The van der Waals surface area contributed by atoms with E-state index in [4.69, 9.17) is 16.7 Å². The number of aliphatic carboxylic acids is 1. The molecule has 6 nitrogen and oxygen atoms in total. The Morgan fingerprint density at radius 1 is 1.18 bits per heavy atom. The maximum atomic E-state index is 13.9. The van der Waals surface area contributed by atoms with Gasteiger partial charge in [0.1, 0.15) is 5.54 Å². The van der Waals surface area contributed by atoms with Gasteiger partial charge in [-0.05, 0) is 50.5 Å². The van der Waals surface area contributed by atoms with Crippen LogP contribution < -0.4 is 0 Å². The summed E-state index contributed by atoms with van der Waals surface area (Å²) < 4.78 is 1.03. The number of benzene rings is 2. The summed E-state index contributed by atoms with van der Waals surface area (Å²) in [7, 11) is 0. The molecule has 8 heteroatoms. The molecule has 0 radical (unpaired) electrons. The van der Waals surface area contributed by atoms with Gasteiger partial charge in [0.25, 0.3) is 5.91 Å². The van der Waals surface area contributed by atoms with Crippen molar-refractivity contribution in [3.63, 3.8) is 0 Å². The Morgan fingerprint density at radius 3 is 2.53 bits per heavy atom. The summed E-state index contributed by atoms with van der Waals surface area (Å²) in [5, 5.41) is 12.5. The number of likely N-dealkylation sites (tertiary alicyclic amines) is 1. The van der Waals surface area contributed by atoms with Crippen molar-refractivity contribution in [1.82, 2.24) is 9.80 Å². The fraction of sp³-hybridized carbons (Fsp3) is 0.346. The minimum absolute atomic E-state index is 0.0304. The summed E-state index contributed by atoms with van der Waals surface area (Å²) >= 11 is 7.55. The van der Waals surface area contributed by atoms with E-state index in [1.165, 1.54) is 11.3 Å². The Hall–Kier alpha value is -2.90. The third-order valence-corrected chi connectivity index (χ3v) is 7.92. The summed E-state index contributed by atoms with van der Waals surface area (Å²) in [4.78, 5) is 41.9. The number of nitrogens with zero attached hydrogens (tertiary/aromatic N) is 2. The second-order valence-corrected chi connectivity index (χ2v) is 10.2. The van der Waals surface area contributed by atoms with Gasteiger partial charge in [-0.25, -0.2) is 0 Å². The molecule has 2 atom stereocenters. The largest absolute Gasteiger partial charge is 0.481 e. The van der Waals surface area contributed by atoms with Crippen LogP contribution in [-0.4, -0.2) is 51.3 Å². The standard InChI is InChI=1S/C26H27ClN2O4S/c1-17(18-9-11-19(27)12-10-18)28(14-5-8-23(30)31)25(33)26(2)13-15-29(26)24(32)21-16-34-22-7-4-3-6-20(21)22/h3-4,6-7,9-12,16-17H,5,8,13-15H2,1-2H3,(H,30,31)/t17-,26+/m1/s1. The Kier molecular flexibility index (Phi) is 6.96. The van der Waals surface area contributed by atoms with E-state index in [1.54, 1.807) is 21.9 Å². The van der Waals surface area contributed by atoms with Gasteiger partial charge in [-0.3, -0.25) is 14.4 Å². The number of rotatable bonds is 8. The van der Waals surface area contributed by atoms with Crippen molar-refractivity contribution < 1.29 is 19.5 Å². The summed E-state index contributed by atoms with van der Waals surface area (Å²) in [6.07, 6.45) is 0.859. The zero-order valence-corrected chi connectivity index (χ0v) is 20.7. The fourth-order valence-corrected chi connectivity index (χ4v) is 5.56. The highest BCUT2D eigenvalue weighted by molar-refractivity contribution is 7.17. The first-order chi connectivity index (χ1) is 16.2. The maximum Gasteiger partial charge on any atom is 0.303 e. The van der Waals surface area contributed by atoms with Gasteiger partial charge in [0, 0.05) is 40.0 Å². The molecule has 1 saturated heterocycles. The molecule has 2 aromatic carbocycles. The van der Waals surface area contributed by atoms with Gasteiger partial charge < -0.3 is 14.9 Å². The molecule has 178 valence electrons. The lowest BCUT2D eigenvalue weighted by molar-refractivity contribution is -0.152. The van der Waals surface area contributed by atoms with Crippen LogP contribution in [0.3, 0.4) is 0 Å². The molecule has 2 heterocycles. The van der Waals surface area contributed by atoms with Gasteiger partial charge in [-0.15, -0.1) is 11.3 Å². The number of carbonyl (C=O) groups is 3. The average molecular weight is 499 g/mol. The predicted octanol–water partition coefficient (Wildman–Crippen LogP) is 5.61. The van der Waals surface area contributed by atoms with Gasteiger partial charge in [-0.2, -0.15) is 0 Å². The van der Waals surface area contributed by atoms with Gasteiger partial charge >= 0.3 is 5.97 Å². The SMILES string of the molecule is C[C@H](c1ccc(Cl)cc1)N(CCCC(=O)O)C(=O)[C@]1(C)CCN1C(=O)c1csc2ccccc12. The number of carbonyl (C=O) groups excluding carboxylic acids is 2. The molecule has 1 fully saturated rings. The predicted molar refractivity (Wildman–Crippen MR) is 134 cm³/mol. The third kappa shape index (κ3) is 4.55. The van der Waals surface area contributed by atoms with Crippen molar-refractivity contribution in [1.29, 1.82) is 0 Å². The zero-order chi connectivity index (χ0) is 24.5. The van der Waals surface area contributed by atoms with Crippen LogP contribution in [0.15, 0.2) is 53.9 Å². The maximum absolute atomic E-state index is 13.9. The van der Waals surface area contributed by atoms with E-state index < -0.39 is 11.5 Å². The molecule has 0 saturated carbocycles. The molecule has 2 amide bonds. The lowest BCUT2D eigenvalue weighted by Gasteiger charge is -2.51. The quantitative estimate of drug-likeness (QED) is 0.437. The van der Waals surface area contributed by atoms with Crippen LogP contribution in [0.1, 0.15) is 55.1 Å². The molecular weight excluding hydrogens is 472 g/mol. The second kappa shape index (κ2) is 9.76. The third-order valence-electron chi connectivity index (χ3n) is 6.71. The summed E-state index contributed by atoms with van der Waals surface area (Å²) in [5.74, 6) is -1.22. The monoisotopic (exact) mass is 498 g/mol. The topological polar surface area (TPSA) is 77.9 Å². The number of hydrogen-bond acceptors (Lipinski definition) is 4. The van der Waals surface area contributed by atoms with Crippen molar-refractivity contribution in [3.8, 4) is 0 Å². The molecule has 0 unspecified atom stereocenters. The summed E-state index contributed by atoms with van der Waals surface area (Å²) in [6, 6.07) is 14.7. The Morgan fingerprint density at radius 2 is 1.88 bits per heavy atom. The molecule has 1 N–H and O–H groups in total. The van der Waals surface area contributed by atoms with E-state index in [2.05, 4.69) is 0 Å².